The molecule has 3 heteroatoms. The normalized spacial score (nSPS) is 10.6. The van der Waals surface area contributed by atoms with E-state index in [0.717, 1.165) is 36.3 Å². The third-order valence-corrected chi connectivity index (χ3v) is 3.71. The Balaban J connectivity index is 1.70. The highest BCUT2D eigenvalue weighted by Crippen LogP contribution is 2.20. The van der Waals surface area contributed by atoms with E-state index in [1.54, 1.807) is 0 Å². The average molecular weight is 309 g/mol. The Kier molecular flexibility index (Phi) is 4.81. The van der Waals surface area contributed by atoms with Crippen molar-refractivity contribution in [2.24, 2.45) is 0 Å². The van der Waals surface area contributed by atoms with Crippen LogP contribution in [0, 0.1) is 0 Å². The van der Waals surface area contributed by atoms with Gasteiger partial charge in [-0.05, 0) is 18.4 Å². The van der Waals surface area contributed by atoms with Gasteiger partial charge in [-0.15, -0.1) is 0 Å². The molecule has 0 aliphatic carbocycles. The minimum Gasteiger partial charge on any atom is -0.233 e. The van der Waals surface area contributed by atoms with Crippen LogP contribution in [0.5, 0.6) is 0 Å². The molecule has 0 saturated heterocycles. The molecule has 0 amide bonds. The number of hydrogen-bond donors (Lipinski definition) is 0. The molecule has 2 aromatic carbocycles. The summed E-state index contributed by atoms with van der Waals surface area (Å²) >= 11 is 6.14. The summed E-state index contributed by atoms with van der Waals surface area (Å²) in [6, 6.07) is 22.3. The number of aryl methyl sites for hydroxylation is 2. The minimum absolute atomic E-state index is 0.503. The van der Waals surface area contributed by atoms with Gasteiger partial charge in [0.1, 0.15) is 11.0 Å². The van der Waals surface area contributed by atoms with E-state index in [9.17, 15) is 0 Å². The van der Waals surface area contributed by atoms with E-state index in [1.807, 2.05) is 42.5 Å². The molecule has 2 nitrogen and oxygen atoms in total. The number of benzene rings is 2. The van der Waals surface area contributed by atoms with Crippen LogP contribution in [-0.4, -0.2) is 9.97 Å². The second-order valence-electron chi connectivity index (χ2n) is 5.20. The van der Waals surface area contributed by atoms with Crippen LogP contribution in [0.4, 0.5) is 0 Å². The van der Waals surface area contributed by atoms with Crippen LogP contribution in [0.1, 0.15) is 17.8 Å². The fraction of sp³-hybridized carbons (Fsp3) is 0.158. The van der Waals surface area contributed by atoms with Gasteiger partial charge in [-0.25, -0.2) is 9.97 Å². The summed E-state index contributed by atoms with van der Waals surface area (Å²) in [5.41, 5.74) is 3.29. The summed E-state index contributed by atoms with van der Waals surface area (Å²) in [6.45, 7) is 0. The zero-order valence-electron chi connectivity index (χ0n) is 12.2. The van der Waals surface area contributed by atoms with E-state index in [0.29, 0.717) is 5.15 Å². The fourth-order valence-corrected chi connectivity index (χ4v) is 2.63. The highest BCUT2D eigenvalue weighted by Gasteiger charge is 2.05. The number of aromatic nitrogens is 2. The van der Waals surface area contributed by atoms with Crippen molar-refractivity contribution in [1.29, 1.82) is 0 Å². The summed E-state index contributed by atoms with van der Waals surface area (Å²) in [5, 5.41) is 0.503. The monoisotopic (exact) mass is 308 g/mol. The van der Waals surface area contributed by atoms with Crippen molar-refractivity contribution in [3.63, 3.8) is 0 Å². The molecule has 22 heavy (non-hydrogen) atoms. The fourth-order valence-electron chi connectivity index (χ4n) is 2.43. The Morgan fingerprint density at radius 1 is 0.773 bits per heavy atom. The third-order valence-electron chi connectivity index (χ3n) is 3.52. The molecule has 0 unspecified atom stereocenters. The molecule has 1 heterocycles. The number of nitrogens with zero attached hydrogens (tertiary/aromatic N) is 2. The van der Waals surface area contributed by atoms with Gasteiger partial charge < -0.3 is 0 Å². The van der Waals surface area contributed by atoms with E-state index >= 15 is 0 Å². The molecule has 110 valence electrons. The Labute approximate surface area is 135 Å². The van der Waals surface area contributed by atoms with Crippen LogP contribution in [0.3, 0.4) is 0 Å². The zero-order valence-corrected chi connectivity index (χ0v) is 13.0. The Bertz CT molecular complexity index is 727. The smallest absolute Gasteiger partial charge is 0.133 e. The van der Waals surface area contributed by atoms with Gasteiger partial charge in [0, 0.05) is 18.1 Å². The lowest BCUT2D eigenvalue weighted by Crippen LogP contribution is -1.99. The van der Waals surface area contributed by atoms with Gasteiger partial charge in [0.2, 0.25) is 0 Å². The zero-order chi connectivity index (χ0) is 15.2. The maximum atomic E-state index is 6.14. The van der Waals surface area contributed by atoms with Crippen molar-refractivity contribution >= 4 is 11.6 Å². The minimum atomic E-state index is 0.503. The van der Waals surface area contributed by atoms with Crippen molar-refractivity contribution in [3.05, 3.63) is 83.3 Å². The molecular weight excluding hydrogens is 292 g/mol. The quantitative estimate of drug-likeness (QED) is 0.622. The summed E-state index contributed by atoms with van der Waals surface area (Å²) in [5.74, 6) is 0.808. The lowest BCUT2D eigenvalue weighted by molar-refractivity contribution is 0.772. The standard InChI is InChI=1S/C19H17ClN2/c20-18-14-17(16-11-5-2-6-12-16)21-19(22-18)13-7-10-15-8-3-1-4-9-15/h1-6,8-9,11-12,14H,7,10,13H2. The van der Waals surface area contributed by atoms with E-state index in [4.69, 9.17) is 11.6 Å². The largest absolute Gasteiger partial charge is 0.233 e. The molecule has 0 bridgehead atoms. The number of hydrogen-bond acceptors (Lipinski definition) is 2. The molecule has 0 radical (unpaired) electrons. The maximum Gasteiger partial charge on any atom is 0.133 e. The predicted molar refractivity (Wildman–Crippen MR) is 90.9 cm³/mol. The summed E-state index contributed by atoms with van der Waals surface area (Å²) < 4.78 is 0. The first kappa shape index (κ1) is 14.7. The van der Waals surface area contributed by atoms with E-state index in [1.165, 1.54) is 5.56 Å². The van der Waals surface area contributed by atoms with Crippen molar-refractivity contribution in [2.45, 2.75) is 19.3 Å². The molecule has 3 rings (SSSR count). The van der Waals surface area contributed by atoms with Crippen LogP contribution in [0.15, 0.2) is 66.7 Å². The Morgan fingerprint density at radius 3 is 2.18 bits per heavy atom. The Hall–Kier alpha value is -2.19. The van der Waals surface area contributed by atoms with E-state index in [-0.39, 0.29) is 0 Å². The van der Waals surface area contributed by atoms with Crippen molar-refractivity contribution in [3.8, 4) is 11.3 Å². The summed E-state index contributed by atoms with van der Waals surface area (Å²) in [7, 11) is 0. The molecule has 0 N–H and O–H groups in total. The summed E-state index contributed by atoms with van der Waals surface area (Å²) in [4.78, 5) is 8.98. The van der Waals surface area contributed by atoms with E-state index in [2.05, 4.69) is 34.2 Å². The number of halogens is 1. The number of rotatable bonds is 5. The SMILES string of the molecule is Clc1cc(-c2ccccc2)nc(CCCc2ccccc2)n1. The van der Waals surface area contributed by atoms with Crippen LogP contribution >= 0.6 is 11.6 Å². The predicted octanol–water partition coefficient (Wildman–Crippen LogP) is 4.97. The molecule has 0 atom stereocenters. The molecule has 0 fully saturated rings. The van der Waals surface area contributed by atoms with Crippen molar-refractivity contribution in [1.82, 2.24) is 9.97 Å². The van der Waals surface area contributed by atoms with Crippen molar-refractivity contribution < 1.29 is 0 Å². The van der Waals surface area contributed by atoms with Gasteiger partial charge in [-0.2, -0.15) is 0 Å². The molecule has 1 aromatic heterocycles. The van der Waals surface area contributed by atoms with Gasteiger partial charge in [0.15, 0.2) is 0 Å². The van der Waals surface area contributed by atoms with Crippen molar-refractivity contribution in [2.75, 3.05) is 0 Å². The van der Waals surface area contributed by atoms with Gasteiger partial charge in [0.25, 0.3) is 0 Å². The van der Waals surface area contributed by atoms with Crippen LogP contribution in [0.25, 0.3) is 11.3 Å². The molecular formula is C19H17ClN2. The third kappa shape index (κ3) is 3.92. The van der Waals surface area contributed by atoms with Gasteiger partial charge in [-0.3, -0.25) is 0 Å². The second-order valence-corrected chi connectivity index (χ2v) is 5.58. The highest BCUT2D eigenvalue weighted by atomic mass is 35.5. The molecule has 0 aliphatic heterocycles. The lowest BCUT2D eigenvalue weighted by Gasteiger charge is -2.06. The molecule has 0 spiro atoms. The van der Waals surface area contributed by atoms with E-state index < -0.39 is 0 Å². The first-order valence-electron chi connectivity index (χ1n) is 7.44. The highest BCUT2D eigenvalue weighted by molar-refractivity contribution is 6.29. The van der Waals surface area contributed by atoms with Crippen LogP contribution in [-0.2, 0) is 12.8 Å². The summed E-state index contributed by atoms with van der Waals surface area (Å²) in [6.07, 6.45) is 2.87. The van der Waals surface area contributed by atoms with Gasteiger partial charge in [0.05, 0.1) is 5.69 Å². The average Bonchev–Trinajstić information content (AvgIpc) is 2.56. The topological polar surface area (TPSA) is 25.8 Å². The van der Waals surface area contributed by atoms with Crippen LogP contribution < -0.4 is 0 Å². The lowest BCUT2D eigenvalue weighted by atomic mass is 10.1. The second kappa shape index (κ2) is 7.19. The first-order chi connectivity index (χ1) is 10.8. The van der Waals surface area contributed by atoms with Crippen LogP contribution in [0.2, 0.25) is 5.15 Å². The first-order valence-corrected chi connectivity index (χ1v) is 7.82. The van der Waals surface area contributed by atoms with Gasteiger partial charge in [-0.1, -0.05) is 72.3 Å². The molecule has 0 saturated carbocycles. The Morgan fingerprint density at radius 2 is 1.45 bits per heavy atom. The molecule has 0 aliphatic rings. The maximum absolute atomic E-state index is 6.14. The van der Waals surface area contributed by atoms with Gasteiger partial charge >= 0.3 is 0 Å². The molecule has 3 aromatic rings.